The van der Waals surface area contributed by atoms with Crippen molar-refractivity contribution in [1.29, 1.82) is 0 Å². The molecule has 2 N–H and O–H groups in total. The summed E-state index contributed by atoms with van der Waals surface area (Å²) >= 11 is 0. The maximum atomic E-state index is 12.8. The van der Waals surface area contributed by atoms with Gasteiger partial charge in [-0.2, -0.15) is 0 Å². The maximum absolute atomic E-state index is 12.8. The van der Waals surface area contributed by atoms with E-state index in [0.717, 1.165) is 12.1 Å². The fourth-order valence-corrected chi connectivity index (χ4v) is 2.90. The molecule has 0 spiro atoms. The first-order valence-corrected chi connectivity index (χ1v) is 8.79. The van der Waals surface area contributed by atoms with Gasteiger partial charge in [0.15, 0.2) is 0 Å². The fraction of sp³-hybridized carbons (Fsp3) is 0.300. The largest absolute Gasteiger partial charge is 0.379 e. The zero-order valence-corrected chi connectivity index (χ0v) is 14.8. The number of amides is 3. The number of benzene rings is 2. The first-order chi connectivity index (χ1) is 12.7. The summed E-state index contributed by atoms with van der Waals surface area (Å²) in [6, 6.07) is 16.3. The number of anilines is 2. The first kappa shape index (κ1) is 17.9. The Balaban J connectivity index is 1.62. The van der Waals surface area contributed by atoms with Crippen LogP contribution >= 0.6 is 0 Å². The lowest BCUT2D eigenvalue weighted by Crippen LogP contribution is -2.38. The molecule has 1 atom stereocenters. The van der Waals surface area contributed by atoms with Gasteiger partial charge in [0.25, 0.3) is 5.91 Å². The van der Waals surface area contributed by atoms with Crippen LogP contribution in [0.15, 0.2) is 54.6 Å². The van der Waals surface area contributed by atoms with Crippen LogP contribution < -0.4 is 15.5 Å². The summed E-state index contributed by atoms with van der Waals surface area (Å²) in [5.41, 5.74) is 2.08. The van der Waals surface area contributed by atoms with Crippen molar-refractivity contribution < 1.29 is 14.3 Å². The van der Waals surface area contributed by atoms with E-state index in [1.807, 2.05) is 37.3 Å². The normalized spacial score (nSPS) is 16.1. The molecule has 0 aromatic heterocycles. The van der Waals surface area contributed by atoms with Gasteiger partial charge in [0.1, 0.15) is 0 Å². The minimum atomic E-state index is -0.265. The molecular weight excluding hydrogens is 330 g/mol. The lowest BCUT2D eigenvalue weighted by Gasteiger charge is -2.21. The van der Waals surface area contributed by atoms with Gasteiger partial charge in [-0.15, -0.1) is 0 Å². The van der Waals surface area contributed by atoms with Gasteiger partial charge in [-0.1, -0.05) is 18.2 Å². The van der Waals surface area contributed by atoms with Crippen LogP contribution in [0, 0.1) is 0 Å². The second kappa shape index (κ2) is 8.49. The predicted octanol–water partition coefficient (Wildman–Crippen LogP) is 3.26. The number of carbonyl (C=O) groups is 2. The standard InChI is InChI=1S/C20H23N3O3/c1-2-23(18-6-4-3-5-7-18)19(24)15-8-10-16(11-9-15)21-20(25)22-17-12-13-26-14-17/h3-11,17H,2,12-14H2,1H3,(H2,21,22,25)/t17-/m1/s1. The van der Waals surface area contributed by atoms with Crippen molar-refractivity contribution in [3.63, 3.8) is 0 Å². The molecule has 6 nitrogen and oxygen atoms in total. The molecule has 2 aromatic rings. The second-order valence-corrected chi connectivity index (χ2v) is 6.12. The van der Waals surface area contributed by atoms with Gasteiger partial charge in [-0.05, 0) is 49.7 Å². The molecule has 0 aliphatic carbocycles. The van der Waals surface area contributed by atoms with E-state index in [1.54, 1.807) is 29.2 Å². The Morgan fingerprint density at radius 1 is 1.12 bits per heavy atom. The Kier molecular flexibility index (Phi) is 5.86. The van der Waals surface area contributed by atoms with Crippen LogP contribution in [0.1, 0.15) is 23.7 Å². The Labute approximate surface area is 153 Å². The summed E-state index contributed by atoms with van der Waals surface area (Å²) in [5.74, 6) is -0.0715. The lowest BCUT2D eigenvalue weighted by molar-refractivity contribution is 0.0988. The van der Waals surface area contributed by atoms with Gasteiger partial charge in [0.2, 0.25) is 0 Å². The third kappa shape index (κ3) is 4.40. The summed E-state index contributed by atoms with van der Waals surface area (Å²) in [5, 5.41) is 5.64. The number of nitrogens with zero attached hydrogens (tertiary/aromatic N) is 1. The van der Waals surface area contributed by atoms with Gasteiger partial charge in [0, 0.05) is 30.1 Å². The van der Waals surface area contributed by atoms with Crippen molar-refractivity contribution in [3.8, 4) is 0 Å². The van der Waals surface area contributed by atoms with Gasteiger partial charge in [0.05, 0.1) is 12.6 Å². The fourth-order valence-electron chi connectivity index (χ4n) is 2.90. The zero-order valence-electron chi connectivity index (χ0n) is 14.8. The molecule has 0 saturated carbocycles. The van der Waals surface area contributed by atoms with Crippen LogP contribution in [-0.4, -0.2) is 37.7 Å². The van der Waals surface area contributed by atoms with Crippen LogP contribution in [0.3, 0.4) is 0 Å². The summed E-state index contributed by atoms with van der Waals surface area (Å²) in [6.45, 7) is 3.75. The number of nitrogens with one attached hydrogen (secondary N) is 2. The van der Waals surface area contributed by atoms with Gasteiger partial charge in [-0.25, -0.2) is 4.79 Å². The molecule has 26 heavy (non-hydrogen) atoms. The molecule has 0 bridgehead atoms. The number of urea groups is 1. The Bertz CT molecular complexity index is 741. The second-order valence-electron chi connectivity index (χ2n) is 6.12. The van der Waals surface area contributed by atoms with E-state index in [4.69, 9.17) is 4.74 Å². The van der Waals surface area contributed by atoms with E-state index < -0.39 is 0 Å². The number of hydrogen-bond acceptors (Lipinski definition) is 3. The van der Waals surface area contributed by atoms with Crippen molar-refractivity contribution in [2.75, 3.05) is 30.0 Å². The Morgan fingerprint density at radius 2 is 1.85 bits per heavy atom. The highest BCUT2D eigenvalue weighted by Crippen LogP contribution is 2.18. The van der Waals surface area contributed by atoms with E-state index >= 15 is 0 Å². The third-order valence-electron chi connectivity index (χ3n) is 4.28. The average molecular weight is 353 g/mol. The molecule has 6 heteroatoms. The van der Waals surface area contributed by atoms with Crippen LogP contribution in [0.25, 0.3) is 0 Å². The number of rotatable bonds is 5. The molecule has 2 aromatic carbocycles. The quantitative estimate of drug-likeness (QED) is 0.867. The number of para-hydroxylation sites is 1. The van der Waals surface area contributed by atoms with Crippen LogP contribution in [0.2, 0.25) is 0 Å². The SMILES string of the molecule is CCN(C(=O)c1ccc(NC(=O)N[C@@H]2CCOC2)cc1)c1ccccc1. The molecule has 1 aliphatic rings. The van der Waals surface area contributed by atoms with E-state index in [0.29, 0.717) is 31.0 Å². The van der Waals surface area contributed by atoms with Gasteiger partial charge in [-0.3, -0.25) is 4.79 Å². The molecule has 0 radical (unpaired) electrons. The highest BCUT2D eigenvalue weighted by Gasteiger charge is 2.18. The summed E-state index contributed by atoms with van der Waals surface area (Å²) in [6.07, 6.45) is 0.827. The molecular formula is C20H23N3O3. The summed E-state index contributed by atoms with van der Waals surface area (Å²) in [7, 11) is 0. The monoisotopic (exact) mass is 353 g/mol. The topological polar surface area (TPSA) is 70.7 Å². The Morgan fingerprint density at radius 3 is 2.46 bits per heavy atom. The highest BCUT2D eigenvalue weighted by atomic mass is 16.5. The molecule has 1 aliphatic heterocycles. The van der Waals surface area contributed by atoms with E-state index in [9.17, 15) is 9.59 Å². The van der Waals surface area contributed by atoms with Crippen molar-refractivity contribution in [3.05, 3.63) is 60.2 Å². The van der Waals surface area contributed by atoms with Crippen molar-refractivity contribution >= 4 is 23.3 Å². The Hall–Kier alpha value is -2.86. The first-order valence-electron chi connectivity index (χ1n) is 8.79. The maximum Gasteiger partial charge on any atom is 0.319 e. The zero-order chi connectivity index (χ0) is 18.4. The van der Waals surface area contributed by atoms with Crippen molar-refractivity contribution in [2.24, 2.45) is 0 Å². The minimum Gasteiger partial charge on any atom is -0.379 e. The average Bonchev–Trinajstić information content (AvgIpc) is 3.16. The minimum absolute atomic E-state index is 0.0554. The van der Waals surface area contributed by atoms with E-state index in [2.05, 4.69) is 10.6 Å². The molecule has 136 valence electrons. The number of ether oxygens (including phenoxy) is 1. The summed E-state index contributed by atoms with van der Waals surface area (Å²) in [4.78, 5) is 26.4. The van der Waals surface area contributed by atoms with E-state index in [1.165, 1.54) is 0 Å². The van der Waals surface area contributed by atoms with Crippen LogP contribution in [-0.2, 0) is 4.74 Å². The van der Waals surface area contributed by atoms with E-state index in [-0.39, 0.29) is 18.0 Å². The highest BCUT2D eigenvalue weighted by molar-refractivity contribution is 6.06. The van der Waals surface area contributed by atoms with Crippen molar-refractivity contribution in [2.45, 2.75) is 19.4 Å². The van der Waals surface area contributed by atoms with Crippen molar-refractivity contribution in [1.82, 2.24) is 5.32 Å². The molecule has 1 fully saturated rings. The number of hydrogen-bond donors (Lipinski definition) is 2. The molecule has 1 saturated heterocycles. The molecule has 3 amide bonds. The summed E-state index contributed by atoms with van der Waals surface area (Å²) < 4.78 is 5.24. The molecule has 0 unspecified atom stereocenters. The molecule has 1 heterocycles. The van der Waals surface area contributed by atoms with Crippen LogP contribution in [0.4, 0.5) is 16.2 Å². The molecule has 3 rings (SSSR count). The van der Waals surface area contributed by atoms with Crippen LogP contribution in [0.5, 0.6) is 0 Å². The smallest absolute Gasteiger partial charge is 0.319 e. The van der Waals surface area contributed by atoms with Gasteiger partial charge >= 0.3 is 6.03 Å². The lowest BCUT2D eigenvalue weighted by atomic mass is 10.1. The third-order valence-corrected chi connectivity index (χ3v) is 4.28. The predicted molar refractivity (Wildman–Crippen MR) is 102 cm³/mol. The van der Waals surface area contributed by atoms with Gasteiger partial charge < -0.3 is 20.3 Å². The number of carbonyl (C=O) groups excluding carboxylic acids is 2.